The van der Waals surface area contributed by atoms with Crippen molar-refractivity contribution in [3.8, 4) is 39.9 Å². The molecule has 0 saturated heterocycles. The Morgan fingerprint density at radius 3 is 2.09 bits per heavy atom. The highest BCUT2D eigenvalue weighted by Crippen LogP contribution is 2.50. The number of rotatable bonds is 3. The number of methoxy groups -OCH3 is 1. The van der Waals surface area contributed by atoms with Crippen molar-refractivity contribution in [3.05, 3.63) is 63.7 Å². The number of hydrogen-bond acceptors (Lipinski definition) is 8. The van der Waals surface area contributed by atoms with E-state index in [1.54, 1.807) is 0 Å². The molecule has 0 atom stereocenters. The van der Waals surface area contributed by atoms with Crippen LogP contribution in [0.1, 0.15) is 54.7 Å². The molecule has 0 fully saturated rings. The number of carbonyl (C=O) groups is 3. The molecule has 8 nitrogen and oxygen atoms in total. The molecule has 32 heavy (non-hydrogen) atoms. The Hall–Kier alpha value is -4.33. The number of aromatic hydroxyl groups is 4. The lowest BCUT2D eigenvalue weighted by atomic mass is 9.77. The van der Waals surface area contributed by atoms with Crippen LogP contribution in [0.25, 0.3) is 11.1 Å². The summed E-state index contributed by atoms with van der Waals surface area (Å²) in [5.74, 6) is -4.14. The molecular formula is C24H18O8. The summed E-state index contributed by atoms with van der Waals surface area (Å²) in [7, 11) is 1.26. The van der Waals surface area contributed by atoms with E-state index in [1.807, 2.05) is 0 Å². The molecule has 0 heterocycles. The lowest BCUT2D eigenvalue weighted by Gasteiger charge is -2.24. The Balaban J connectivity index is 2.16. The third-order valence-corrected chi connectivity index (χ3v) is 5.54. The Labute approximate surface area is 182 Å². The Morgan fingerprint density at radius 1 is 0.812 bits per heavy atom. The fourth-order valence-corrected chi connectivity index (χ4v) is 4.19. The van der Waals surface area contributed by atoms with Gasteiger partial charge in [0.05, 0.1) is 23.8 Å². The molecule has 0 saturated carbocycles. The molecule has 0 spiro atoms. The quantitative estimate of drug-likeness (QED) is 0.283. The van der Waals surface area contributed by atoms with Crippen LogP contribution in [0.3, 0.4) is 0 Å². The van der Waals surface area contributed by atoms with Gasteiger partial charge in [0.25, 0.3) is 0 Å². The van der Waals surface area contributed by atoms with Gasteiger partial charge in [-0.15, -0.1) is 0 Å². The summed E-state index contributed by atoms with van der Waals surface area (Å²) in [5.41, 5.74) is -1.19. The largest absolute Gasteiger partial charge is 0.507 e. The fourth-order valence-electron chi connectivity index (χ4n) is 4.19. The van der Waals surface area contributed by atoms with Gasteiger partial charge >= 0.3 is 0 Å². The molecule has 0 radical (unpaired) electrons. The molecule has 0 unspecified atom stereocenters. The minimum absolute atomic E-state index is 0.0229. The highest BCUT2D eigenvalue weighted by atomic mass is 16.5. The number of phenols is 4. The smallest absolute Gasteiger partial charge is 0.201 e. The number of fused-ring (bicyclic) bond motifs is 2. The summed E-state index contributed by atoms with van der Waals surface area (Å²) in [4.78, 5) is 38.8. The van der Waals surface area contributed by atoms with E-state index in [0.717, 1.165) is 6.07 Å². The summed E-state index contributed by atoms with van der Waals surface area (Å²) in [6.07, 6.45) is 0. The minimum atomic E-state index is -0.786. The first-order valence-electron chi connectivity index (χ1n) is 9.52. The van der Waals surface area contributed by atoms with Gasteiger partial charge in [-0.2, -0.15) is 0 Å². The van der Waals surface area contributed by atoms with Gasteiger partial charge in [0, 0.05) is 22.8 Å². The molecule has 1 aliphatic carbocycles. The molecule has 0 bridgehead atoms. The Morgan fingerprint density at radius 2 is 1.47 bits per heavy atom. The lowest BCUT2D eigenvalue weighted by molar-refractivity contribution is 0.0974. The zero-order valence-electron chi connectivity index (χ0n) is 17.3. The van der Waals surface area contributed by atoms with Crippen molar-refractivity contribution < 1.29 is 39.5 Å². The van der Waals surface area contributed by atoms with Gasteiger partial charge in [-0.05, 0) is 31.5 Å². The average molecular weight is 436 g/mol. The van der Waals surface area contributed by atoms with Crippen molar-refractivity contribution in [2.75, 3.05) is 7.11 Å². The predicted molar refractivity (Wildman–Crippen MR) is 113 cm³/mol. The molecule has 0 amide bonds. The molecule has 162 valence electrons. The van der Waals surface area contributed by atoms with Crippen molar-refractivity contribution in [3.63, 3.8) is 0 Å². The van der Waals surface area contributed by atoms with E-state index < -0.39 is 40.3 Å². The van der Waals surface area contributed by atoms with Crippen molar-refractivity contribution in [2.24, 2.45) is 0 Å². The molecular weight excluding hydrogens is 418 g/mol. The van der Waals surface area contributed by atoms with Crippen LogP contribution >= 0.6 is 0 Å². The highest BCUT2D eigenvalue weighted by Gasteiger charge is 2.38. The first-order chi connectivity index (χ1) is 15.1. The molecule has 8 heteroatoms. The fraction of sp³-hybridized carbons (Fsp3) is 0.125. The number of aryl methyl sites for hydroxylation is 1. The van der Waals surface area contributed by atoms with E-state index in [9.17, 15) is 34.8 Å². The van der Waals surface area contributed by atoms with Crippen LogP contribution in [0.15, 0.2) is 30.3 Å². The van der Waals surface area contributed by atoms with Gasteiger partial charge in [-0.25, -0.2) is 0 Å². The van der Waals surface area contributed by atoms with Crippen LogP contribution in [0.2, 0.25) is 0 Å². The van der Waals surface area contributed by atoms with Gasteiger partial charge < -0.3 is 25.2 Å². The number of phenolic OH excluding ortho intramolecular Hbond substituents is 4. The van der Waals surface area contributed by atoms with Crippen LogP contribution in [-0.4, -0.2) is 44.9 Å². The van der Waals surface area contributed by atoms with Crippen LogP contribution in [0.4, 0.5) is 0 Å². The summed E-state index contributed by atoms with van der Waals surface area (Å²) < 4.78 is 5.09. The zero-order valence-corrected chi connectivity index (χ0v) is 17.3. The third kappa shape index (κ3) is 2.73. The van der Waals surface area contributed by atoms with Crippen molar-refractivity contribution in [1.82, 2.24) is 0 Å². The molecule has 3 aromatic carbocycles. The second-order valence-electron chi connectivity index (χ2n) is 7.45. The number of benzene rings is 3. The van der Waals surface area contributed by atoms with Crippen LogP contribution < -0.4 is 4.74 Å². The van der Waals surface area contributed by atoms with E-state index >= 15 is 0 Å². The van der Waals surface area contributed by atoms with Crippen molar-refractivity contribution >= 4 is 17.3 Å². The maximum absolute atomic E-state index is 13.4. The number of Topliss-reactive ketones (excluding diaryl/α,β-unsaturated/α-hetero) is 1. The van der Waals surface area contributed by atoms with Crippen LogP contribution in [0, 0.1) is 6.92 Å². The van der Waals surface area contributed by atoms with Crippen molar-refractivity contribution in [2.45, 2.75) is 13.8 Å². The number of hydrogen-bond donors (Lipinski definition) is 4. The normalized spacial score (nSPS) is 12.3. The van der Waals surface area contributed by atoms with Crippen LogP contribution in [0.5, 0.6) is 28.7 Å². The summed E-state index contributed by atoms with van der Waals surface area (Å²) in [6, 6.07) is 6.34. The molecule has 0 aromatic heterocycles. The topological polar surface area (TPSA) is 141 Å². The highest BCUT2D eigenvalue weighted by molar-refractivity contribution is 6.32. The standard InChI is InChI=1S/C24H18O8/c1-9-7-13(27)20-21(22(29)11-5-4-6-12(26)18(11)24(20)31)16(9)19-14(28)8-15(32-3)17(10(2)25)23(19)30/h4-8,26-28,30H,1-3H3/i2+1,10+1. The molecule has 3 aromatic rings. The second kappa shape index (κ2) is 7.12. The van der Waals surface area contributed by atoms with Gasteiger partial charge in [0.15, 0.2) is 11.6 Å². The first kappa shape index (κ1) is 20.9. The number of carbonyl (C=O) groups excluding carboxylic acids is 3. The zero-order chi connectivity index (χ0) is 23.5. The maximum Gasteiger partial charge on any atom is 0.201 e. The van der Waals surface area contributed by atoms with E-state index in [1.165, 1.54) is 45.2 Å². The van der Waals surface area contributed by atoms with Crippen molar-refractivity contribution in [1.29, 1.82) is 0 Å². The summed E-state index contributed by atoms with van der Waals surface area (Å²) >= 11 is 0. The summed E-state index contributed by atoms with van der Waals surface area (Å²) in [6.45, 7) is 2.72. The third-order valence-electron chi connectivity index (χ3n) is 5.54. The second-order valence-corrected chi connectivity index (χ2v) is 7.45. The molecule has 4 rings (SSSR count). The Bertz CT molecular complexity index is 1370. The number of ether oxygens (including phenoxy) is 1. The Kier molecular flexibility index (Phi) is 4.66. The summed E-state index contributed by atoms with van der Waals surface area (Å²) in [5, 5.41) is 42.3. The van der Waals surface area contributed by atoms with Gasteiger partial charge in [-0.3, -0.25) is 14.4 Å². The van der Waals surface area contributed by atoms with E-state index in [0.29, 0.717) is 0 Å². The molecule has 0 aliphatic heterocycles. The minimum Gasteiger partial charge on any atom is -0.507 e. The van der Waals surface area contributed by atoms with Gasteiger partial charge in [-0.1, -0.05) is 12.1 Å². The van der Waals surface area contributed by atoms with E-state index in [-0.39, 0.29) is 50.3 Å². The van der Waals surface area contributed by atoms with E-state index in [4.69, 9.17) is 4.74 Å². The SMILES string of the molecule is COc1cc(O)c(-c2c(C)cc(O)c3c2C(=O)c2cccc(O)c2C3=O)c(O)c1[13C]([13CH3])=O. The first-order valence-corrected chi connectivity index (χ1v) is 9.52. The van der Waals surface area contributed by atoms with E-state index in [2.05, 4.69) is 0 Å². The monoisotopic (exact) mass is 436 g/mol. The molecule has 4 N–H and O–H groups in total. The number of ketones is 3. The molecule has 1 aliphatic rings. The lowest BCUT2D eigenvalue weighted by Crippen LogP contribution is -2.22. The average Bonchev–Trinajstić information content (AvgIpc) is 2.72. The maximum atomic E-state index is 13.4. The van der Waals surface area contributed by atoms with Crippen LogP contribution in [-0.2, 0) is 0 Å². The predicted octanol–water partition coefficient (Wildman–Crippen LogP) is 3.47. The van der Waals surface area contributed by atoms with Gasteiger partial charge in [0.1, 0.15) is 34.3 Å². The van der Waals surface area contributed by atoms with Gasteiger partial charge in [0.2, 0.25) is 5.78 Å².